The van der Waals surface area contributed by atoms with Gasteiger partial charge in [0.15, 0.2) is 0 Å². The highest BCUT2D eigenvalue weighted by molar-refractivity contribution is 5.30. The third kappa shape index (κ3) is 13.1. The van der Waals surface area contributed by atoms with Gasteiger partial charge < -0.3 is 16.4 Å². The van der Waals surface area contributed by atoms with Crippen molar-refractivity contribution in [2.24, 2.45) is 5.73 Å². The molecule has 0 amide bonds. The molecule has 1 fully saturated rings. The molecular weight excluding hydrogens is 282 g/mol. The molecule has 3 heteroatoms. The zero-order chi connectivity index (χ0) is 17.2. The number of hydrogen-bond acceptors (Lipinski definition) is 3. The largest absolute Gasteiger partial charge is 0.326 e. The Morgan fingerprint density at radius 2 is 1.91 bits per heavy atom. The van der Waals surface area contributed by atoms with Crippen molar-refractivity contribution in [3.63, 3.8) is 0 Å². The lowest BCUT2D eigenvalue weighted by molar-refractivity contribution is 0.371. The highest BCUT2D eigenvalue weighted by atomic mass is 14.9. The highest BCUT2D eigenvalue weighted by Gasteiger charge is 2.11. The molecule has 0 aromatic carbocycles. The number of rotatable bonds is 10. The van der Waals surface area contributed by atoms with Crippen LogP contribution in [0, 0.1) is 12.3 Å². The fourth-order valence-electron chi connectivity index (χ4n) is 2.59. The van der Waals surface area contributed by atoms with Crippen molar-refractivity contribution < 1.29 is 0 Å². The van der Waals surface area contributed by atoms with Gasteiger partial charge in [-0.3, -0.25) is 0 Å². The summed E-state index contributed by atoms with van der Waals surface area (Å²) in [7, 11) is 0. The molecule has 1 aliphatic carbocycles. The monoisotopic (exact) mass is 319 g/mol. The Balaban J connectivity index is 0.00000232. The Hall–Kier alpha value is -1.08. The molecule has 0 aromatic heterocycles. The zero-order valence-corrected chi connectivity index (χ0v) is 15.2. The SMILES string of the molecule is C#C/C(=C\C=C/CCNCCCNC1CCCCC1)CN.CC. The molecule has 3 nitrogen and oxygen atoms in total. The fraction of sp³-hybridized carbons (Fsp3) is 0.700. The first kappa shape index (κ1) is 21.9. The van der Waals surface area contributed by atoms with Gasteiger partial charge in [0.1, 0.15) is 0 Å². The van der Waals surface area contributed by atoms with Crippen molar-refractivity contribution in [2.45, 2.75) is 64.8 Å². The van der Waals surface area contributed by atoms with Crippen LogP contribution in [-0.2, 0) is 0 Å². The lowest BCUT2D eigenvalue weighted by Gasteiger charge is -2.22. The molecule has 0 atom stereocenters. The molecule has 0 aromatic rings. The minimum absolute atomic E-state index is 0.438. The van der Waals surface area contributed by atoms with E-state index in [1.807, 2.05) is 26.0 Å². The average molecular weight is 320 g/mol. The van der Waals surface area contributed by atoms with Crippen molar-refractivity contribution in [2.75, 3.05) is 26.2 Å². The van der Waals surface area contributed by atoms with Gasteiger partial charge in [-0.1, -0.05) is 51.2 Å². The predicted molar refractivity (Wildman–Crippen MR) is 103 cm³/mol. The van der Waals surface area contributed by atoms with E-state index in [1.54, 1.807) is 0 Å². The highest BCUT2D eigenvalue weighted by Crippen LogP contribution is 2.16. The van der Waals surface area contributed by atoms with E-state index >= 15 is 0 Å². The second-order valence-electron chi connectivity index (χ2n) is 5.65. The summed E-state index contributed by atoms with van der Waals surface area (Å²) in [6.45, 7) is 7.68. The molecule has 0 heterocycles. The number of hydrogen-bond donors (Lipinski definition) is 3. The van der Waals surface area contributed by atoms with Gasteiger partial charge in [-0.25, -0.2) is 0 Å². The summed E-state index contributed by atoms with van der Waals surface area (Å²) < 4.78 is 0. The molecule has 4 N–H and O–H groups in total. The van der Waals surface area contributed by atoms with Crippen molar-refractivity contribution in [1.29, 1.82) is 0 Å². The lowest BCUT2D eigenvalue weighted by atomic mass is 9.95. The van der Waals surface area contributed by atoms with E-state index in [2.05, 4.69) is 22.6 Å². The average Bonchev–Trinajstić information content (AvgIpc) is 2.62. The normalized spacial score (nSPS) is 16.0. The minimum Gasteiger partial charge on any atom is -0.326 e. The predicted octanol–water partition coefficient (Wildman–Crippen LogP) is 3.38. The summed E-state index contributed by atoms with van der Waals surface area (Å²) in [5.41, 5.74) is 6.32. The molecule has 0 saturated heterocycles. The van der Waals surface area contributed by atoms with E-state index in [0.717, 1.165) is 37.7 Å². The van der Waals surface area contributed by atoms with Crippen molar-refractivity contribution >= 4 is 0 Å². The standard InChI is InChI=1S/C18H31N3.C2H6/c1-2-17(16-19)10-5-4-8-13-20-14-9-15-21-18-11-6-3-7-12-18;1-2/h1,4-5,10,18,20-21H,3,6-9,11-16,19H2;1-2H3/b5-4-,17-10+;. The summed E-state index contributed by atoms with van der Waals surface area (Å²) in [6.07, 6.45) is 20.5. The van der Waals surface area contributed by atoms with Crippen LogP contribution >= 0.6 is 0 Å². The Morgan fingerprint density at radius 3 is 2.57 bits per heavy atom. The lowest BCUT2D eigenvalue weighted by Crippen LogP contribution is -2.33. The summed E-state index contributed by atoms with van der Waals surface area (Å²) >= 11 is 0. The third-order valence-corrected chi connectivity index (χ3v) is 3.90. The van der Waals surface area contributed by atoms with Gasteiger partial charge in [0.2, 0.25) is 0 Å². The van der Waals surface area contributed by atoms with Crippen LogP contribution in [0.5, 0.6) is 0 Å². The molecule has 0 unspecified atom stereocenters. The van der Waals surface area contributed by atoms with Crippen molar-refractivity contribution in [3.05, 3.63) is 23.8 Å². The van der Waals surface area contributed by atoms with Gasteiger partial charge in [-0.2, -0.15) is 0 Å². The molecular formula is C20H37N3. The van der Waals surface area contributed by atoms with Gasteiger partial charge in [-0.05, 0) is 51.4 Å². The van der Waals surface area contributed by atoms with Crippen molar-refractivity contribution in [1.82, 2.24) is 10.6 Å². The number of terminal acetylenes is 1. The summed E-state index contributed by atoms with van der Waals surface area (Å²) in [6, 6.07) is 0.779. The van der Waals surface area contributed by atoms with Gasteiger partial charge in [0.05, 0.1) is 0 Å². The summed E-state index contributed by atoms with van der Waals surface area (Å²) in [5, 5.41) is 7.13. The van der Waals surface area contributed by atoms with Gasteiger partial charge in [0.25, 0.3) is 0 Å². The molecule has 132 valence electrons. The first-order valence-corrected chi connectivity index (χ1v) is 9.33. The molecule has 0 radical (unpaired) electrons. The quantitative estimate of drug-likeness (QED) is 0.329. The van der Waals surface area contributed by atoms with Gasteiger partial charge in [0, 0.05) is 18.2 Å². The van der Waals surface area contributed by atoms with E-state index in [9.17, 15) is 0 Å². The Labute approximate surface area is 144 Å². The van der Waals surface area contributed by atoms with E-state index in [1.165, 1.54) is 38.5 Å². The molecule has 1 aliphatic rings. The zero-order valence-electron chi connectivity index (χ0n) is 15.2. The van der Waals surface area contributed by atoms with Crippen molar-refractivity contribution in [3.8, 4) is 12.3 Å². The number of nitrogens with two attached hydrogens (primary N) is 1. The molecule has 23 heavy (non-hydrogen) atoms. The van der Waals surface area contributed by atoms with Crippen LogP contribution in [0.3, 0.4) is 0 Å². The van der Waals surface area contributed by atoms with Crippen LogP contribution in [-0.4, -0.2) is 32.2 Å². The van der Waals surface area contributed by atoms with Crippen LogP contribution in [0.4, 0.5) is 0 Å². The maximum absolute atomic E-state index is 5.48. The summed E-state index contributed by atoms with van der Waals surface area (Å²) in [5.74, 6) is 2.57. The molecule has 0 bridgehead atoms. The molecule has 1 rings (SSSR count). The van der Waals surface area contributed by atoms with Crippen LogP contribution in [0.15, 0.2) is 23.8 Å². The topological polar surface area (TPSA) is 50.1 Å². The second kappa shape index (κ2) is 17.3. The number of allylic oxidation sites excluding steroid dienone is 2. The second-order valence-corrected chi connectivity index (χ2v) is 5.65. The Bertz CT molecular complexity index is 346. The van der Waals surface area contributed by atoms with Gasteiger partial charge in [-0.15, -0.1) is 6.42 Å². The van der Waals surface area contributed by atoms with E-state index < -0.39 is 0 Å². The van der Waals surface area contributed by atoms with E-state index in [4.69, 9.17) is 12.2 Å². The number of nitrogens with one attached hydrogen (secondary N) is 2. The maximum atomic E-state index is 5.48. The Kier molecular flexibility index (Phi) is 16.5. The Morgan fingerprint density at radius 1 is 1.17 bits per heavy atom. The maximum Gasteiger partial charge on any atom is 0.0258 e. The molecule has 0 spiro atoms. The molecule has 1 saturated carbocycles. The summed E-state index contributed by atoms with van der Waals surface area (Å²) in [4.78, 5) is 0. The first-order valence-electron chi connectivity index (χ1n) is 9.33. The minimum atomic E-state index is 0.438. The van der Waals surface area contributed by atoms with Gasteiger partial charge >= 0.3 is 0 Å². The van der Waals surface area contributed by atoms with Crippen LogP contribution in [0.1, 0.15) is 58.8 Å². The fourth-order valence-corrected chi connectivity index (χ4v) is 2.59. The van der Waals surface area contributed by atoms with Crippen LogP contribution in [0.25, 0.3) is 0 Å². The van der Waals surface area contributed by atoms with E-state index in [0.29, 0.717) is 6.54 Å². The van der Waals surface area contributed by atoms with Crippen LogP contribution < -0.4 is 16.4 Å². The first-order chi connectivity index (χ1) is 11.4. The molecule has 0 aliphatic heterocycles. The van der Waals surface area contributed by atoms with E-state index in [-0.39, 0.29) is 0 Å². The third-order valence-electron chi connectivity index (χ3n) is 3.90. The van der Waals surface area contributed by atoms with Crippen LogP contribution in [0.2, 0.25) is 0 Å². The smallest absolute Gasteiger partial charge is 0.0258 e.